The van der Waals surface area contributed by atoms with E-state index in [1.165, 1.54) is 13.3 Å². The van der Waals surface area contributed by atoms with Gasteiger partial charge in [-0.25, -0.2) is 14.6 Å². The van der Waals surface area contributed by atoms with Crippen molar-refractivity contribution in [3.63, 3.8) is 0 Å². The number of hydrogen-bond acceptors (Lipinski definition) is 6. The minimum Gasteiger partial charge on any atom is -0.447 e. The molecule has 10 nitrogen and oxygen atoms in total. The Balaban J connectivity index is 1.89. The third kappa shape index (κ3) is 6.07. The molecule has 140 valence electrons. The van der Waals surface area contributed by atoms with Gasteiger partial charge in [0.2, 0.25) is 0 Å². The van der Waals surface area contributed by atoms with Crippen LogP contribution in [0.1, 0.15) is 11.9 Å². The summed E-state index contributed by atoms with van der Waals surface area (Å²) in [6.07, 6.45) is 2.50. The number of aromatic amines is 1. The van der Waals surface area contributed by atoms with Gasteiger partial charge >= 0.3 is 12.1 Å². The summed E-state index contributed by atoms with van der Waals surface area (Å²) in [6, 6.07) is 5.35. The van der Waals surface area contributed by atoms with Crippen molar-refractivity contribution in [2.24, 2.45) is 0 Å². The predicted molar refractivity (Wildman–Crippen MR) is 93.9 cm³/mol. The number of carbonyl (C=O) groups is 2. The lowest BCUT2D eigenvalue weighted by Gasteiger charge is -2.15. The van der Waals surface area contributed by atoms with Crippen molar-refractivity contribution in [3.8, 4) is 0 Å². The number of anilines is 2. The summed E-state index contributed by atoms with van der Waals surface area (Å²) >= 11 is 0. The highest BCUT2D eigenvalue weighted by molar-refractivity contribution is 5.91. The number of carbonyl (C=O) groups excluding carboxylic acids is 2. The Morgan fingerprint density at radius 2 is 2.04 bits per heavy atom. The van der Waals surface area contributed by atoms with E-state index < -0.39 is 18.2 Å². The molecule has 1 aromatic heterocycles. The van der Waals surface area contributed by atoms with Crippen LogP contribution in [0.3, 0.4) is 0 Å². The fourth-order valence-electron chi connectivity index (χ4n) is 2.04. The molecule has 0 radical (unpaired) electrons. The van der Waals surface area contributed by atoms with Gasteiger partial charge in [-0.3, -0.25) is 5.32 Å². The van der Waals surface area contributed by atoms with Crippen LogP contribution in [-0.2, 0) is 9.47 Å². The summed E-state index contributed by atoms with van der Waals surface area (Å²) in [4.78, 5) is 30.5. The molecule has 0 aliphatic rings. The van der Waals surface area contributed by atoms with Crippen molar-refractivity contribution >= 4 is 23.5 Å². The molecule has 0 spiro atoms. The van der Waals surface area contributed by atoms with E-state index in [2.05, 4.69) is 25.9 Å². The largest absolute Gasteiger partial charge is 0.447 e. The lowest BCUT2D eigenvalue weighted by molar-refractivity contribution is 0.107. The highest BCUT2D eigenvalue weighted by Crippen LogP contribution is 2.16. The number of methoxy groups -OCH3 is 1. The van der Waals surface area contributed by atoms with Gasteiger partial charge in [-0.1, -0.05) is 6.07 Å². The number of nitrogens with one attached hydrogen (secondary N) is 4. The summed E-state index contributed by atoms with van der Waals surface area (Å²) in [5, 5.41) is 17.1. The van der Waals surface area contributed by atoms with E-state index in [0.717, 1.165) is 0 Å². The molecule has 1 aromatic carbocycles. The fourth-order valence-corrected chi connectivity index (χ4v) is 2.04. The maximum absolute atomic E-state index is 12.1. The van der Waals surface area contributed by atoms with E-state index in [4.69, 9.17) is 9.47 Å². The van der Waals surface area contributed by atoms with Gasteiger partial charge in [0.15, 0.2) is 0 Å². The number of hydrogen-bond donors (Lipinski definition) is 5. The molecular formula is C16H21N5O5. The molecule has 5 N–H and O–H groups in total. The summed E-state index contributed by atoms with van der Waals surface area (Å²) in [5.41, 5.74) is 0.906. The normalized spacial score (nSPS) is 11.5. The third-order valence-electron chi connectivity index (χ3n) is 3.22. The SMILES string of the molecule is COCCOC(=O)Nc1cccc(NC(=O)NC(CO)c2ncc[nH]2)c1. The summed E-state index contributed by atoms with van der Waals surface area (Å²) in [7, 11) is 1.51. The van der Waals surface area contributed by atoms with Gasteiger partial charge in [0.25, 0.3) is 0 Å². The van der Waals surface area contributed by atoms with Crippen LogP contribution < -0.4 is 16.0 Å². The molecule has 1 heterocycles. The van der Waals surface area contributed by atoms with Gasteiger partial charge in [0.05, 0.1) is 13.2 Å². The molecule has 0 aliphatic carbocycles. The number of aliphatic hydroxyl groups is 1. The Hall–Kier alpha value is -3.11. The summed E-state index contributed by atoms with van der Waals surface area (Å²) < 4.78 is 9.69. The third-order valence-corrected chi connectivity index (χ3v) is 3.22. The molecule has 1 atom stereocenters. The van der Waals surface area contributed by atoms with Gasteiger partial charge in [0, 0.05) is 30.9 Å². The quantitative estimate of drug-likeness (QED) is 0.450. The monoisotopic (exact) mass is 363 g/mol. The smallest absolute Gasteiger partial charge is 0.411 e. The van der Waals surface area contributed by atoms with E-state index in [0.29, 0.717) is 23.8 Å². The maximum Gasteiger partial charge on any atom is 0.411 e. The number of H-pyrrole nitrogens is 1. The summed E-state index contributed by atoms with van der Waals surface area (Å²) in [5.74, 6) is 0.442. The zero-order chi connectivity index (χ0) is 18.8. The molecule has 0 saturated carbocycles. The van der Waals surface area contributed by atoms with Crippen molar-refractivity contribution in [3.05, 3.63) is 42.5 Å². The van der Waals surface area contributed by atoms with E-state index >= 15 is 0 Å². The molecule has 10 heteroatoms. The van der Waals surface area contributed by atoms with Gasteiger partial charge in [-0.2, -0.15) is 0 Å². The number of amides is 3. The Kier molecular flexibility index (Phi) is 7.40. The average Bonchev–Trinajstić information content (AvgIpc) is 3.14. The molecule has 2 aromatic rings. The molecular weight excluding hydrogens is 342 g/mol. The Bertz CT molecular complexity index is 707. The standard InChI is InChI=1S/C16H21N5O5/c1-25-7-8-26-16(24)20-12-4-2-3-11(9-12)19-15(23)21-13(10-22)14-17-5-6-18-14/h2-6,9,13,22H,7-8,10H2,1H3,(H,17,18)(H,20,24)(H2,19,21,23). The fraction of sp³-hybridized carbons (Fsp3) is 0.312. The minimum atomic E-state index is -0.665. The Labute approximate surface area is 149 Å². The number of rotatable bonds is 8. The van der Waals surface area contributed by atoms with E-state index in [1.54, 1.807) is 30.5 Å². The maximum atomic E-state index is 12.1. The van der Waals surface area contributed by atoms with Crippen molar-refractivity contribution < 1.29 is 24.2 Å². The van der Waals surface area contributed by atoms with Crippen LogP contribution in [0.2, 0.25) is 0 Å². The van der Waals surface area contributed by atoms with Crippen molar-refractivity contribution in [2.45, 2.75) is 6.04 Å². The number of urea groups is 1. The molecule has 0 bridgehead atoms. The van der Waals surface area contributed by atoms with Gasteiger partial charge in [-0.05, 0) is 18.2 Å². The van der Waals surface area contributed by atoms with Gasteiger partial charge < -0.3 is 30.2 Å². The molecule has 0 fully saturated rings. The molecule has 3 amide bonds. The first-order valence-electron chi connectivity index (χ1n) is 7.82. The first-order chi connectivity index (χ1) is 12.6. The minimum absolute atomic E-state index is 0.137. The number of imidazole rings is 1. The first-order valence-corrected chi connectivity index (χ1v) is 7.82. The average molecular weight is 363 g/mol. The van der Waals surface area contributed by atoms with Crippen LogP contribution in [0.15, 0.2) is 36.7 Å². The molecule has 1 unspecified atom stereocenters. The number of aliphatic hydroxyl groups excluding tert-OH is 1. The topological polar surface area (TPSA) is 138 Å². The lowest BCUT2D eigenvalue weighted by atomic mass is 10.2. The van der Waals surface area contributed by atoms with E-state index in [1.807, 2.05) is 0 Å². The van der Waals surface area contributed by atoms with Gasteiger partial charge in [0.1, 0.15) is 18.5 Å². The second-order valence-corrected chi connectivity index (χ2v) is 5.14. The zero-order valence-corrected chi connectivity index (χ0v) is 14.2. The zero-order valence-electron chi connectivity index (χ0n) is 14.2. The second kappa shape index (κ2) is 10.0. The predicted octanol–water partition coefficient (Wildman–Crippen LogP) is 1.46. The second-order valence-electron chi connectivity index (χ2n) is 5.14. The van der Waals surface area contributed by atoms with Crippen molar-refractivity contribution in [1.29, 1.82) is 0 Å². The highest BCUT2D eigenvalue weighted by atomic mass is 16.6. The van der Waals surface area contributed by atoms with Crippen LogP contribution >= 0.6 is 0 Å². The molecule has 0 saturated heterocycles. The number of nitrogens with zero attached hydrogens (tertiary/aromatic N) is 1. The van der Waals surface area contributed by atoms with E-state index in [-0.39, 0.29) is 13.2 Å². The highest BCUT2D eigenvalue weighted by Gasteiger charge is 2.15. The van der Waals surface area contributed by atoms with Crippen LogP contribution in [-0.4, -0.2) is 54.1 Å². The summed E-state index contributed by atoms with van der Waals surface area (Å²) in [6.45, 7) is 0.130. The molecule has 2 rings (SSSR count). The van der Waals surface area contributed by atoms with Crippen LogP contribution in [0.25, 0.3) is 0 Å². The van der Waals surface area contributed by atoms with E-state index in [9.17, 15) is 14.7 Å². The molecule has 26 heavy (non-hydrogen) atoms. The number of ether oxygens (including phenoxy) is 2. The van der Waals surface area contributed by atoms with Gasteiger partial charge in [-0.15, -0.1) is 0 Å². The van der Waals surface area contributed by atoms with Crippen molar-refractivity contribution in [2.75, 3.05) is 37.6 Å². The first kappa shape index (κ1) is 19.2. The lowest BCUT2D eigenvalue weighted by Crippen LogP contribution is -2.35. The number of aromatic nitrogens is 2. The van der Waals surface area contributed by atoms with Crippen molar-refractivity contribution in [1.82, 2.24) is 15.3 Å². The Morgan fingerprint density at radius 3 is 2.69 bits per heavy atom. The van der Waals surface area contributed by atoms with Crippen LogP contribution in [0.4, 0.5) is 21.0 Å². The molecule has 0 aliphatic heterocycles. The van der Waals surface area contributed by atoms with Crippen LogP contribution in [0.5, 0.6) is 0 Å². The van der Waals surface area contributed by atoms with Crippen LogP contribution in [0, 0.1) is 0 Å². The number of benzene rings is 1. The Morgan fingerprint density at radius 1 is 1.27 bits per heavy atom.